The highest BCUT2D eigenvalue weighted by Gasteiger charge is 2.56. The third-order valence-electron chi connectivity index (χ3n) is 5.32. The van der Waals surface area contributed by atoms with Crippen molar-refractivity contribution >= 4 is 62.3 Å². The van der Waals surface area contributed by atoms with E-state index in [2.05, 4.69) is 21.2 Å². The Morgan fingerprint density at radius 3 is 2.72 bits per heavy atom. The van der Waals surface area contributed by atoms with Gasteiger partial charge in [-0.15, -0.1) is 0 Å². The number of amides is 1. The maximum atomic E-state index is 12.8. The molecule has 2 heterocycles. The Labute approximate surface area is 193 Å². The van der Waals surface area contributed by atoms with E-state index >= 15 is 0 Å². The first-order valence-electron chi connectivity index (χ1n) is 9.45. The Morgan fingerprint density at radius 1 is 1.28 bits per heavy atom. The monoisotopic (exact) mass is 521 g/mol. The van der Waals surface area contributed by atoms with Crippen LogP contribution in [0.15, 0.2) is 49.1 Å². The molecular formula is C21H16BrNO8S. The molecule has 4 rings (SSSR count). The Balaban J connectivity index is 1.56. The summed E-state index contributed by atoms with van der Waals surface area (Å²) < 4.78 is 10.8. The quantitative estimate of drug-likeness (QED) is 0.445. The van der Waals surface area contributed by atoms with Gasteiger partial charge in [0.25, 0.3) is 5.91 Å². The number of hydrogen-bond acceptors (Lipinski definition) is 8. The molecule has 1 aliphatic heterocycles. The first-order chi connectivity index (χ1) is 15.2. The molecule has 0 spiro atoms. The van der Waals surface area contributed by atoms with Gasteiger partial charge in [0.05, 0.1) is 11.5 Å². The van der Waals surface area contributed by atoms with Crippen LogP contribution in [0.25, 0.3) is 11.0 Å². The number of esters is 1. The van der Waals surface area contributed by atoms with Gasteiger partial charge < -0.3 is 19.6 Å². The minimum absolute atomic E-state index is 0.0967. The zero-order chi connectivity index (χ0) is 23.2. The van der Waals surface area contributed by atoms with Gasteiger partial charge in [-0.1, -0.05) is 15.9 Å². The molecule has 0 bridgehead atoms. The summed E-state index contributed by atoms with van der Waals surface area (Å²) in [6.45, 7) is 1.01. The van der Waals surface area contributed by atoms with Crippen molar-refractivity contribution in [3.8, 4) is 0 Å². The summed E-state index contributed by atoms with van der Waals surface area (Å²) in [4.78, 5) is 60.6. The molecule has 1 aromatic heterocycles. The fourth-order valence-corrected chi connectivity index (χ4v) is 5.67. The summed E-state index contributed by atoms with van der Waals surface area (Å²) in [5.41, 5.74) is -0.517. The van der Waals surface area contributed by atoms with Crippen LogP contribution in [-0.4, -0.2) is 52.4 Å². The number of carboxylic acids is 1. The lowest BCUT2D eigenvalue weighted by atomic mass is 9.71. The van der Waals surface area contributed by atoms with Crippen molar-refractivity contribution in [2.45, 2.75) is 18.2 Å². The molecule has 1 saturated carbocycles. The van der Waals surface area contributed by atoms with E-state index in [0.29, 0.717) is 16.5 Å². The van der Waals surface area contributed by atoms with E-state index in [1.165, 1.54) is 24.8 Å². The molecule has 1 unspecified atom stereocenters. The van der Waals surface area contributed by atoms with Gasteiger partial charge in [0.15, 0.2) is 5.78 Å². The highest BCUT2D eigenvalue weighted by molar-refractivity contribution is 9.10. The van der Waals surface area contributed by atoms with Gasteiger partial charge in [-0.05, 0) is 29.8 Å². The normalized spacial score (nSPS) is 22.2. The van der Waals surface area contributed by atoms with Crippen LogP contribution < -0.4 is 10.9 Å². The van der Waals surface area contributed by atoms with Gasteiger partial charge >= 0.3 is 17.6 Å². The van der Waals surface area contributed by atoms with E-state index in [9.17, 15) is 29.1 Å². The van der Waals surface area contributed by atoms with E-state index in [0.717, 1.165) is 4.47 Å². The highest BCUT2D eigenvalue weighted by atomic mass is 79.9. The molecule has 32 heavy (non-hydrogen) atoms. The number of ether oxygens (including phenoxy) is 1. The number of halogens is 1. The molecule has 2 aliphatic rings. The van der Waals surface area contributed by atoms with Crippen LogP contribution in [0.2, 0.25) is 0 Å². The van der Waals surface area contributed by atoms with Crippen molar-refractivity contribution in [1.82, 2.24) is 5.32 Å². The van der Waals surface area contributed by atoms with E-state index < -0.39 is 46.5 Å². The van der Waals surface area contributed by atoms with Crippen LogP contribution in [-0.2, 0) is 19.1 Å². The van der Waals surface area contributed by atoms with Crippen LogP contribution in [0.4, 0.5) is 0 Å². The third kappa shape index (κ3) is 3.97. The van der Waals surface area contributed by atoms with Crippen LogP contribution in [0.3, 0.4) is 0 Å². The minimum Gasteiger partial charge on any atom is -0.478 e. The average molecular weight is 522 g/mol. The number of carbonyl (C=O) groups excluding carboxylic acids is 3. The van der Waals surface area contributed by atoms with Gasteiger partial charge in [0.1, 0.15) is 23.8 Å². The molecule has 0 saturated heterocycles. The maximum absolute atomic E-state index is 12.8. The number of ketones is 1. The van der Waals surface area contributed by atoms with Gasteiger partial charge in [-0.3, -0.25) is 14.4 Å². The lowest BCUT2D eigenvalue weighted by Gasteiger charge is -2.46. The second-order valence-corrected chi connectivity index (χ2v) is 9.42. The summed E-state index contributed by atoms with van der Waals surface area (Å²) in [6, 6.07) is 5.41. The lowest BCUT2D eigenvalue weighted by molar-refractivity contribution is -0.141. The minimum atomic E-state index is -1.26. The number of hydrogen-bond donors (Lipinski definition) is 2. The predicted molar refractivity (Wildman–Crippen MR) is 117 cm³/mol. The van der Waals surface area contributed by atoms with Gasteiger partial charge in [-0.25, -0.2) is 9.59 Å². The van der Waals surface area contributed by atoms with Crippen molar-refractivity contribution in [1.29, 1.82) is 0 Å². The van der Waals surface area contributed by atoms with Crippen molar-refractivity contribution in [2.75, 3.05) is 12.4 Å². The first kappa shape index (κ1) is 22.3. The summed E-state index contributed by atoms with van der Waals surface area (Å²) in [5.74, 6) is -3.75. The number of carbonyl (C=O) groups is 4. The predicted octanol–water partition coefficient (Wildman–Crippen LogP) is 1.91. The lowest BCUT2D eigenvalue weighted by Crippen LogP contribution is -2.65. The SMILES string of the molecule is CC(=O)OCC1=C(C(=O)O)C2C(=O)[C@@H](NC(=O)c3cc4cc(Br)ccc4oc3=O)[C@H]2SC1. The van der Waals surface area contributed by atoms with Crippen LogP contribution in [0.5, 0.6) is 0 Å². The number of fused-ring (bicyclic) bond motifs is 2. The number of thioether (sulfide) groups is 1. The zero-order valence-corrected chi connectivity index (χ0v) is 18.9. The van der Waals surface area contributed by atoms with Crippen LogP contribution >= 0.6 is 27.7 Å². The second-order valence-electron chi connectivity index (χ2n) is 7.34. The maximum Gasteiger partial charge on any atom is 0.349 e. The molecule has 1 aliphatic carbocycles. The molecule has 1 amide bonds. The van der Waals surface area contributed by atoms with E-state index in [1.807, 2.05) is 0 Å². The van der Waals surface area contributed by atoms with E-state index in [4.69, 9.17) is 9.15 Å². The number of aliphatic carboxylic acids is 1. The number of benzene rings is 1. The summed E-state index contributed by atoms with van der Waals surface area (Å²) in [6.07, 6.45) is 0. The Morgan fingerprint density at radius 2 is 2.03 bits per heavy atom. The van der Waals surface area contributed by atoms with Crippen molar-refractivity contribution in [3.63, 3.8) is 0 Å². The fourth-order valence-electron chi connectivity index (χ4n) is 3.80. The number of nitrogens with one attached hydrogen (secondary N) is 1. The molecule has 9 nitrogen and oxygen atoms in total. The van der Waals surface area contributed by atoms with E-state index in [-0.39, 0.29) is 23.5 Å². The fraction of sp³-hybridized carbons (Fsp3) is 0.286. The number of Topliss-reactive ketones (excluding diaryl/α,β-unsaturated/α-hetero) is 1. The first-order valence-corrected chi connectivity index (χ1v) is 11.3. The molecule has 1 fully saturated rings. The molecule has 0 radical (unpaired) electrons. The molecule has 166 valence electrons. The number of carboxylic acid groups (broad SMARTS) is 1. The summed E-state index contributed by atoms with van der Waals surface area (Å²) in [5, 5.41) is 12.2. The third-order valence-corrected chi connectivity index (χ3v) is 7.26. The molecular weight excluding hydrogens is 506 g/mol. The molecule has 11 heteroatoms. The number of rotatable bonds is 5. The summed E-state index contributed by atoms with van der Waals surface area (Å²) >= 11 is 4.61. The topological polar surface area (TPSA) is 140 Å². The highest BCUT2D eigenvalue weighted by Crippen LogP contribution is 2.45. The molecule has 1 aromatic carbocycles. The van der Waals surface area contributed by atoms with Crippen molar-refractivity contribution in [3.05, 3.63) is 55.9 Å². The van der Waals surface area contributed by atoms with Crippen molar-refractivity contribution < 1.29 is 33.4 Å². The van der Waals surface area contributed by atoms with Crippen LogP contribution in [0, 0.1) is 5.92 Å². The zero-order valence-electron chi connectivity index (χ0n) is 16.5. The standard InChI is InChI=1S/C21H16BrNO8S/c1-8(24)30-6-10-7-32-18-15(14(10)20(27)28)17(25)16(18)23-19(26)12-5-9-4-11(22)2-3-13(9)31-21(12)29/h2-5,15-16,18H,6-7H2,1H3,(H,23,26)(H,27,28)/t15?,16-,18+/m1/s1. The van der Waals surface area contributed by atoms with Gasteiger partial charge in [-0.2, -0.15) is 11.8 Å². The largest absolute Gasteiger partial charge is 0.478 e. The Hall–Kier alpha value is -2.92. The van der Waals surface area contributed by atoms with Crippen LogP contribution in [0.1, 0.15) is 17.3 Å². The Kier molecular flexibility index (Phi) is 5.95. The second kappa shape index (κ2) is 8.55. The molecule has 2 N–H and O–H groups in total. The molecule has 2 aromatic rings. The van der Waals surface area contributed by atoms with Gasteiger partial charge in [0.2, 0.25) is 0 Å². The Bertz CT molecular complexity index is 1270. The van der Waals surface area contributed by atoms with Gasteiger partial charge in [0, 0.05) is 27.8 Å². The van der Waals surface area contributed by atoms with Crippen molar-refractivity contribution in [2.24, 2.45) is 5.92 Å². The van der Waals surface area contributed by atoms with E-state index in [1.54, 1.807) is 18.2 Å². The smallest absolute Gasteiger partial charge is 0.349 e. The average Bonchev–Trinajstić information content (AvgIpc) is 2.74. The molecule has 3 atom stereocenters. The summed E-state index contributed by atoms with van der Waals surface area (Å²) in [7, 11) is 0.